The molecule has 2 unspecified atom stereocenters. The van der Waals surface area contributed by atoms with Gasteiger partial charge in [0, 0.05) is 36.0 Å². The Kier molecular flexibility index (Phi) is 7.74. The van der Waals surface area contributed by atoms with Crippen LogP contribution in [-0.4, -0.2) is 69.9 Å². The number of nitrogens with one attached hydrogen (secondary N) is 1. The molecule has 2 aliphatic rings. The number of thiazole rings is 1. The van der Waals surface area contributed by atoms with Gasteiger partial charge in [-0.3, -0.25) is 4.79 Å². The van der Waals surface area contributed by atoms with Crippen LogP contribution in [0.3, 0.4) is 0 Å². The average molecular weight is 523 g/mol. The van der Waals surface area contributed by atoms with Crippen molar-refractivity contribution in [3.8, 4) is 0 Å². The standard InChI is InChI=1S/C22H24N4O2S.C2HF3O2/c27-20(19-7-6-17-4-1-2-5-18(17)25-19)26-10-3-8-22(15-26)12-16(14-28-22)13-24-21-23-9-11-29-21;3-2(4,5)1(6)7/h1-2,4-7,9,11,16H,3,8,10,12-15H2,(H,23,24);(H,6,7). The van der Waals surface area contributed by atoms with Crippen LogP contribution < -0.4 is 5.32 Å². The Morgan fingerprint density at radius 2 is 2.03 bits per heavy atom. The summed E-state index contributed by atoms with van der Waals surface area (Å²) in [5.74, 6) is -2.32. The van der Waals surface area contributed by atoms with E-state index in [4.69, 9.17) is 14.6 Å². The van der Waals surface area contributed by atoms with E-state index < -0.39 is 12.1 Å². The van der Waals surface area contributed by atoms with Crippen LogP contribution in [0.5, 0.6) is 0 Å². The second kappa shape index (κ2) is 10.8. The number of aliphatic carboxylic acids is 1. The number of fused-ring (bicyclic) bond motifs is 1. The van der Waals surface area contributed by atoms with Gasteiger partial charge >= 0.3 is 12.1 Å². The minimum Gasteiger partial charge on any atom is -0.475 e. The third-order valence-corrected chi connectivity index (χ3v) is 6.88. The zero-order chi connectivity index (χ0) is 25.8. The van der Waals surface area contributed by atoms with E-state index >= 15 is 0 Å². The molecule has 0 aliphatic carbocycles. The number of piperidine rings is 1. The van der Waals surface area contributed by atoms with E-state index in [1.165, 1.54) is 0 Å². The fourth-order valence-electron chi connectivity index (χ4n) is 4.52. The average Bonchev–Trinajstić information content (AvgIpc) is 3.52. The molecule has 192 valence electrons. The maximum atomic E-state index is 13.1. The molecular weight excluding hydrogens is 497 g/mol. The molecule has 2 N–H and O–H groups in total. The summed E-state index contributed by atoms with van der Waals surface area (Å²) in [4.78, 5) is 32.8. The fourth-order valence-corrected chi connectivity index (χ4v) is 5.05. The fraction of sp³-hybridized carbons (Fsp3) is 0.417. The number of halogens is 3. The zero-order valence-electron chi connectivity index (χ0n) is 19.2. The second-order valence-electron chi connectivity index (χ2n) is 8.80. The normalized spacial score (nSPS) is 21.8. The molecule has 0 saturated carbocycles. The van der Waals surface area contributed by atoms with E-state index in [9.17, 15) is 18.0 Å². The lowest BCUT2D eigenvalue weighted by molar-refractivity contribution is -0.192. The summed E-state index contributed by atoms with van der Waals surface area (Å²) in [6, 6.07) is 11.7. The van der Waals surface area contributed by atoms with Crippen molar-refractivity contribution in [1.82, 2.24) is 14.9 Å². The smallest absolute Gasteiger partial charge is 0.475 e. The summed E-state index contributed by atoms with van der Waals surface area (Å²) in [6.07, 6.45) is -0.326. The number of carboxylic acid groups (broad SMARTS) is 1. The number of amides is 1. The predicted molar refractivity (Wildman–Crippen MR) is 128 cm³/mol. The Morgan fingerprint density at radius 1 is 1.25 bits per heavy atom. The van der Waals surface area contributed by atoms with Crippen LogP contribution in [0.4, 0.5) is 18.3 Å². The number of nitrogens with zero attached hydrogens (tertiary/aromatic N) is 3. The minimum absolute atomic E-state index is 0.00258. The lowest BCUT2D eigenvalue weighted by Crippen LogP contribution is -2.50. The summed E-state index contributed by atoms with van der Waals surface area (Å²) < 4.78 is 38.0. The number of benzene rings is 1. The number of hydrogen-bond acceptors (Lipinski definition) is 7. The first-order valence-corrected chi connectivity index (χ1v) is 12.3. The van der Waals surface area contributed by atoms with Gasteiger partial charge in [-0.1, -0.05) is 24.3 Å². The summed E-state index contributed by atoms with van der Waals surface area (Å²) in [5.41, 5.74) is 1.15. The Bertz CT molecular complexity index is 1210. The first kappa shape index (κ1) is 25.8. The lowest BCUT2D eigenvalue weighted by atomic mass is 9.86. The minimum atomic E-state index is -5.08. The monoisotopic (exact) mass is 522 g/mol. The molecule has 1 aromatic carbocycles. The molecule has 1 amide bonds. The molecule has 5 rings (SSSR count). The van der Waals surface area contributed by atoms with Gasteiger partial charge < -0.3 is 20.1 Å². The maximum absolute atomic E-state index is 13.1. The van der Waals surface area contributed by atoms with Gasteiger partial charge in [-0.05, 0) is 31.4 Å². The van der Waals surface area contributed by atoms with Crippen LogP contribution in [0, 0.1) is 5.92 Å². The highest BCUT2D eigenvalue weighted by Crippen LogP contribution is 2.38. The number of likely N-dealkylation sites (tertiary alicyclic amines) is 1. The molecule has 4 heterocycles. The van der Waals surface area contributed by atoms with Gasteiger partial charge in [0.15, 0.2) is 5.13 Å². The molecular formula is C24H25F3N4O4S. The van der Waals surface area contributed by atoms with Crippen molar-refractivity contribution in [1.29, 1.82) is 0 Å². The number of carboxylic acids is 1. The van der Waals surface area contributed by atoms with Gasteiger partial charge in [0.05, 0.1) is 24.3 Å². The van der Waals surface area contributed by atoms with E-state index in [1.807, 2.05) is 52.9 Å². The van der Waals surface area contributed by atoms with Gasteiger partial charge in [0.1, 0.15) is 5.69 Å². The molecule has 2 aromatic heterocycles. The van der Waals surface area contributed by atoms with Gasteiger partial charge in [0.25, 0.3) is 5.91 Å². The van der Waals surface area contributed by atoms with Gasteiger partial charge in [-0.15, -0.1) is 11.3 Å². The van der Waals surface area contributed by atoms with E-state index in [0.717, 1.165) is 55.0 Å². The number of pyridine rings is 1. The van der Waals surface area contributed by atoms with Gasteiger partial charge in [-0.2, -0.15) is 13.2 Å². The van der Waals surface area contributed by atoms with Crippen molar-refractivity contribution in [3.63, 3.8) is 0 Å². The van der Waals surface area contributed by atoms with Crippen molar-refractivity contribution in [2.45, 2.75) is 31.0 Å². The highest BCUT2D eigenvalue weighted by molar-refractivity contribution is 7.13. The van der Waals surface area contributed by atoms with Crippen LogP contribution in [0.1, 0.15) is 29.8 Å². The molecule has 2 saturated heterocycles. The molecule has 36 heavy (non-hydrogen) atoms. The topological polar surface area (TPSA) is 105 Å². The number of alkyl halides is 3. The number of anilines is 1. The molecule has 0 radical (unpaired) electrons. The number of rotatable bonds is 4. The Hall–Kier alpha value is -3.25. The number of carbonyl (C=O) groups excluding carboxylic acids is 1. The summed E-state index contributed by atoms with van der Waals surface area (Å²) >= 11 is 1.61. The van der Waals surface area contributed by atoms with Crippen LogP contribution >= 0.6 is 11.3 Å². The van der Waals surface area contributed by atoms with E-state index in [1.54, 1.807) is 11.3 Å². The molecule has 2 aliphatic heterocycles. The van der Waals surface area contributed by atoms with Crippen molar-refractivity contribution >= 4 is 39.2 Å². The molecule has 1 spiro atoms. The van der Waals surface area contributed by atoms with Gasteiger partial charge in [0.2, 0.25) is 0 Å². The first-order chi connectivity index (χ1) is 17.2. The van der Waals surface area contributed by atoms with Crippen LogP contribution in [-0.2, 0) is 9.53 Å². The van der Waals surface area contributed by atoms with E-state index in [2.05, 4.69) is 15.3 Å². The number of aromatic nitrogens is 2. The Labute approximate surface area is 209 Å². The largest absolute Gasteiger partial charge is 0.490 e. The van der Waals surface area contributed by atoms with E-state index in [-0.39, 0.29) is 11.5 Å². The Balaban J connectivity index is 0.000000384. The van der Waals surface area contributed by atoms with Crippen molar-refractivity contribution in [3.05, 3.63) is 53.7 Å². The number of carbonyl (C=O) groups is 2. The highest BCUT2D eigenvalue weighted by Gasteiger charge is 2.44. The van der Waals surface area contributed by atoms with Crippen molar-refractivity contribution < 1.29 is 32.6 Å². The van der Waals surface area contributed by atoms with Crippen molar-refractivity contribution in [2.75, 3.05) is 31.6 Å². The SMILES string of the molecule is O=C(O)C(F)(F)F.O=C(c1ccc2ccccc2n1)N1CCCC2(CC(CNc3nccs3)CO2)C1. The van der Waals surface area contributed by atoms with Crippen LogP contribution in [0.15, 0.2) is 48.0 Å². The van der Waals surface area contributed by atoms with Gasteiger partial charge in [-0.25, -0.2) is 14.8 Å². The lowest BCUT2D eigenvalue weighted by Gasteiger charge is -2.39. The number of para-hydroxylation sites is 1. The molecule has 2 fully saturated rings. The highest BCUT2D eigenvalue weighted by atomic mass is 32.1. The molecule has 0 bridgehead atoms. The number of hydrogen-bond donors (Lipinski definition) is 2. The molecule has 2 atom stereocenters. The zero-order valence-corrected chi connectivity index (χ0v) is 20.0. The van der Waals surface area contributed by atoms with Crippen molar-refractivity contribution in [2.24, 2.45) is 5.92 Å². The molecule has 8 nitrogen and oxygen atoms in total. The third-order valence-electron chi connectivity index (χ3n) is 6.15. The quantitative estimate of drug-likeness (QED) is 0.522. The second-order valence-corrected chi connectivity index (χ2v) is 9.70. The summed E-state index contributed by atoms with van der Waals surface area (Å²) in [6.45, 7) is 3.00. The summed E-state index contributed by atoms with van der Waals surface area (Å²) in [5, 5.41) is 14.5. The molecule has 12 heteroatoms. The molecule has 3 aromatic rings. The Morgan fingerprint density at radius 3 is 2.75 bits per heavy atom. The first-order valence-electron chi connectivity index (χ1n) is 11.4. The van der Waals surface area contributed by atoms with Crippen LogP contribution in [0.25, 0.3) is 10.9 Å². The number of ether oxygens (including phenoxy) is 1. The predicted octanol–water partition coefficient (Wildman–Crippen LogP) is 4.45. The van der Waals surface area contributed by atoms with Crippen LogP contribution in [0.2, 0.25) is 0 Å². The van der Waals surface area contributed by atoms with E-state index in [0.29, 0.717) is 18.2 Å². The third kappa shape index (κ3) is 6.30. The maximum Gasteiger partial charge on any atom is 0.490 e. The summed E-state index contributed by atoms with van der Waals surface area (Å²) in [7, 11) is 0.